The number of aliphatic carboxylic acids is 1. The summed E-state index contributed by atoms with van der Waals surface area (Å²) in [5.74, 6) is -0.840. The fourth-order valence-electron chi connectivity index (χ4n) is 1.97. The van der Waals surface area contributed by atoms with E-state index in [4.69, 9.17) is 27.9 Å². The van der Waals surface area contributed by atoms with Gasteiger partial charge >= 0.3 is 5.97 Å². The number of ether oxygens (including phenoxy) is 1. The fraction of sp³-hybridized carbons (Fsp3) is 0.545. The number of aromatic nitrogens is 2. The first-order valence-electron chi connectivity index (χ1n) is 5.77. The molecule has 104 valence electrons. The first-order chi connectivity index (χ1) is 9.03. The van der Waals surface area contributed by atoms with Crippen molar-refractivity contribution < 1.29 is 14.6 Å². The molecule has 1 aliphatic heterocycles. The molecule has 0 radical (unpaired) electrons. The molecule has 6 nitrogen and oxygen atoms in total. The van der Waals surface area contributed by atoms with Crippen LogP contribution in [-0.4, -0.2) is 41.0 Å². The number of anilines is 1. The molecule has 0 aromatic carbocycles. The minimum Gasteiger partial charge on any atom is -0.481 e. The Hall–Kier alpha value is -1.11. The highest BCUT2D eigenvalue weighted by Crippen LogP contribution is 2.32. The fourth-order valence-corrected chi connectivity index (χ4v) is 2.28. The molecule has 1 aliphatic rings. The van der Waals surface area contributed by atoms with Crippen LogP contribution in [0.2, 0.25) is 10.3 Å². The largest absolute Gasteiger partial charge is 0.481 e. The third-order valence-corrected chi connectivity index (χ3v) is 3.70. The van der Waals surface area contributed by atoms with Crippen LogP contribution in [0.1, 0.15) is 12.8 Å². The van der Waals surface area contributed by atoms with E-state index in [2.05, 4.69) is 15.5 Å². The lowest BCUT2D eigenvalue weighted by Crippen LogP contribution is -2.42. The zero-order valence-corrected chi connectivity index (χ0v) is 11.5. The standard InChI is InChI=1S/C11H13Cl2N3O3/c12-8-5-7(9(13)16-15-8)14-6-11(10(17)18)1-3-19-4-2-11/h5H,1-4,6H2,(H,14,15)(H,17,18). The van der Waals surface area contributed by atoms with Crippen molar-refractivity contribution in [2.45, 2.75) is 12.8 Å². The van der Waals surface area contributed by atoms with Crippen molar-refractivity contribution in [1.82, 2.24) is 10.2 Å². The molecule has 0 aliphatic carbocycles. The summed E-state index contributed by atoms with van der Waals surface area (Å²) in [5.41, 5.74) is -0.370. The molecule has 0 amide bonds. The van der Waals surface area contributed by atoms with E-state index in [1.807, 2.05) is 0 Å². The Morgan fingerprint density at radius 2 is 2.11 bits per heavy atom. The van der Waals surface area contributed by atoms with Crippen LogP contribution in [0.4, 0.5) is 5.69 Å². The van der Waals surface area contributed by atoms with Crippen molar-refractivity contribution in [3.63, 3.8) is 0 Å². The molecule has 8 heteroatoms. The SMILES string of the molecule is O=C(O)C1(CNc2cc(Cl)nnc2Cl)CCOCC1. The van der Waals surface area contributed by atoms with Crippen molar-refractivity contribution in [1.29, 1.82) is 0 Å². The van der Waals surface area contributed by atoms with Crippen LogP contribution in [0.3, 0.4) is 0 Å². The number of hydrogen-bond acceptors (Lipinski definition) is 5. The van der Waals surface area contributed by atoms with Crippen LogP contribution in [0.25, 0.3) is 0 Å². The Morgan fingerprint density at radius 3 is 2.74 bits per heavy atom. The summed E-state index contributed by atoms with van der Waals surface area (Å²) in [4.78, 5) is 11.5. The van der Waals surface area contributed by atoms with Gasteiger partial charge in [-0.15, -0.1) is 10.2 Å². The highest BCUT2D eigenvalue weighted by Gasteiger charge is 2.40. The van der Waals surface area contributed by atoms with Crippen molar-refractivity contribution in [2.75, 3.05) is 25.1 Å². The predicted molar refractivity (Wildman–Crippen MR) is 70.7 cm³/mol. The van der Waals surface area contributed by atoms with Gasteiger partial charge in [-0.3, -0.25) is 4.79 Å². The second-order valence-corrected chi connectivity index (χ2v) is 5.17. The van der Waals surface area contributed by atoms with E-state index in [0.717, 1.165) is 0 Å². The summed E-state index contributed by atoms with van der Waals surface area (Å²) in [6.07, 6.45) is 0.915. The van der Waals surface area contributed by atoms with Crippen molar-refractivity contribution in [3.05, 3.63) is 16.4 Å². The van der Waals surface area contributed by atoms with E-state index in [0.29, 0.717) is 31.7 Å². The average Bonchev–Trinajstić information content (AvgIpc) is 2.41. The summed E-state index contributed by atoms with van der Waals surface area (Å²) in [6.45, 7) is 1.13. The lowest BCUT2D eigenvalue weighted by atomic mass is 9.80. The van der Waals surface area contributed by atoms with Crippen molar-refractivity contribution >= 4 is 34.9 Å². The molecule has 1 aromatic heterocycles. The number of rotatable bonds is 4. The molecular formula is C11H13Cl2N3O3. The zero-order valence-electron chi connectivity index (χ0n) is 10.0. The minimum atomic E-state index is -0.850. The third kappa shape index (κ3) is 3.26. The highest BCUT2D eigenvalue weighted by atomic mass is 35.5. The highest BCUT2D eigenvalue weighted by molar-refractivity contribution is 6.33. The molecule has 2 heterocycles. The molecule has 1 fully saturated rings. The number of carboxylic acid groups (broad SMARTS) is 1. The van der Waals surface area contributed by atoms with Crippen LogP contribution in [0.5, 0.6) is 0 Å². The third-order valence-electron chi connectivity index (χ3n) is 3.24. The van der Waals surface area contributed by atoms with Crippen LogP contribution in [-0.2, 0) is 9.53 Å². The first kappa shape index (κ1) is 14.3. The molecule has 0 atom stereocenters. The van der Waals surface area contributed by atoms with Gasteiger partial charge in [-0.2, -0.15) is 0 Å². The predicted octanol–water partition coefficient (Wildman–Crippen LogP) is 2.08. The summed E-state index contributed by atoms with van der Waals surface area (Å²) >= 11 is 11.6. The molecule has 0 unspecified atom stereocenters. The van der Waals surface area contributed by atoms with Gasteiger partial charge in [-0.25, -0.2) is 0 Å². The summed E-state index contributed by atoms with van der Waals surface area (Å²) in [5, 5.41) is 20.0. The molecule has 19 heavy (non-hydrogen) atoms. The van der Waals surface area contributed by atoms with Crippen LogP contribution < -0.4 is 5.32 Å². The molecule has 2 N–H and O–H groups in total. The Morgan fingerprint density at radius 1 is 1.42 bits per heavy atom. The smallest absolute Gasteiger partial charge is 0.311 e. The van der Waals surface area contributed by atoms with E-state index >= 15 is 0 Å². The number of hydrogen-bond donors (Lipinski definition) is 2. The van der Waals surface area contributed by atoms with Gasteiger partial charge in [0.15, 0.2) is 10.3 Å². The minimum absolute atomic E-state index is 0.164. The van der Waals surface area contributed by atoms with Crippen LogP contribution >= 0.6 is 23.2 Å². The number of halogens is 2. The van der Waals surface area contributed by atoms with Gasteiger partial charge < -0.3 is 15.2 Å². The van der Waals surface area contributed by atoms with E-state index in [1.54, 1.807) is 0 Å². The van der Waals surface area contributed by atoms with Gasteiger partial charge in [0.05, 0.1) is 11.1 Å². The van der Waals surface area contributed by atoms with E-state index < -0.39 is 11.4 Å². The van der Waals surface area contributed by atoms with Crippen LogP contribution in [0.15, 0.2) is 6.07 Å². The second kappa shape index (κ2) is 5.90. The monoisotopic (exact) mass is 305 g/mol. The van der Waals surface area contributed by atoms with Crippen molar-refractivity contribution in [2.24, 2.45) is 5.41 Å². The quantitative estimate of drug-likeness (QED) is 0.886. The molecule has 2 rings (SSSR count). The number of carbonyl (C=O) groups is 1. The maximum Gasteiger partial charge on any atom is 0.311 e. The second-order valence-electron chi connectivity index (χ2n) is 4.42. The molecular weight excluding hydrogens is 293 g/mol. The van der Waals surface area contributed by atoms with Gasteiger partial charge in [-0.05, 0) is 12.8 Å². The van der Waals surface area contributed by atoms with Crippen molar-refractivity contribution in [3.8, 4) is 0 Å². The average molecular weight is 306 g/mol. The molecule has 1 saturated heterocycles. The van der Waals surface area contributed by atoms with E-state index in [1.165, 1.54) is 6.07 Å². The van der Waals surface area contributed by atoms with Gasteiger partial charge in [0.2, 0.25) is 0 Å². The number of nitrogens with zero attached hydrogens (tertiary/aromatic N) is 2. The van der Waals surface area contributed by atoms with Gasteiger partial charge in [0, 0.05) is 25.8 Å². The van der Waals surface area contributed by atoms with Gasteiger partial charge in [-0.1, -0.05) is 23.2 Å². The topological polar surface area (TPSA) is 84.3 Å². The Balaban J connectivity index is 2.10. The summed E-state index contributed by atoms with van der Waals surface area (Å²) < 4.78 is 5.21. The molecule has 0 saturated carbocycles. The maximum absolute atomic E-state index is 11.5. The van der Waals surface area contributed by atoms with E-state index in [9.17, 15) is 9.90 Å². The maximum atomic E-state index is 11.5. The lowest BCUT2D eigenvalue weighted by molar-refractivity contribution is -0.153. The molecule has 0 spiro atoms. The van der Waals surface area contributed by atoms with Gasteiger partial charge in [0.25, 0.3) is 0 Å². The summed E-state index contributed by atoms with van der Waals surface area (Å²) in [7, 11) is 0. The van der Waals surface area contributed by atoms with E-state index in [-0.39, 0.29) is 16.9 Å². The Labute approximate surface area is 120 Å². The lowest BCUT2D eigenvalue weighted by Gasteiger charge is -2.33. The molecule has 0 bridgehead atoms. The zero-order chi connectivity index (χ0) is 13.9. The number of nitrogens with one attached hydrogen (secondary N) is 1. The normalized spacial score (nSPS) is 18.0. The summed E-state index contributed by atoms with van der Waals surface area (Å²) in [6, 6.07) is 1.52. The van der Waals surface area contributed by atoms with Gasteiger partial charge in [0.1, 0.15) is 0 Å². The molecule has 1 aromatic rings. The first-order valence-corrected chi connectivity index (χ1v) is 6.53. The van der Waals surface area contributed by atoms with Crippen LogP contribution in [0, 0.1) is 5.41 Å². The number of carboxylic acids is 1. The Kier molecular flexibility index (Phi) is 4.44. The Bertz CT molecular complexity index is 478.